The van der Waals surface area contributed by atoms with Crippen molar-refractivity contribution in [3.05, 3.63) is 0 Å². The van der Waals surface area contributed by atoms with E-state index in [2.05, 4.69) is 27.7 Å². The average molecular weight is 911 g/mol. The summed E-state index contributed by atoms with van der Waals surface area (Å²) in [7, 11) is 0. The zero-order chi connectivity index (χ0) is 46.9. The van der Waals surface area contributed by atoms with E-state index < -0.39 is 23.8 Å². The number of carbonyl (C=O) groups is 6. The van der Waals surface area contributed by atoms with Gasteiger partial charge in [0.2, 0.25) is 0 Å². The SMILES string of the molecule is CCCCCCCCC(=O)OCC(COC(=O)CCCCCCCC)CC(=O)OC[C@H]1C[C@H](COC(=O)CC(COC(=O)CCCCCCCC)COC(=O)CCCCCCCC)[NH2+]1. The van der Waals surface area contributed by atoms with E-state index >= 15 is 0 Å². The molecule has 1 rings (SSSR count). The van der Waals surface area contributed by atoms with E-state index in [1.807, 2.05) is 5.32 Å². The van der Waals surface area contributed by atoms with E-state index in [1.54, 1.807) is 0 Å². The van der Waals surface area contributed by atoms with Crippen LogP contribution in [0.15, 0.2) is 0 Å². The van der Waals surface area contributed by atoms with Crippen LogP contribution >= 0.6 is 0 Å². The molecular formula is C51H92NO12+. The Balaban J connectivity index is 2.54. The number of rotatable bonds is 44. The summed E-state index contributed by atoms with van der Waals surface area (Å²) in [6.45, 7) is 8.90. The predicted molar refractivity (Wildman–Crippen MR) is 248 cm³/mol. The summed E-state index contributed by atoms with van der Waals surface area (Å²) in [5.74, 6) is -3.21. The summed E-state index contributed by atoms with van der Waals surface area (Å²) in [6, 6.07) is 0.00236. The largest absolute Gasteiger partial charge is 0.465 e. The van der Waals surface area contributed by atoms with Crippen molar-refractivity contribution in [1.29, 1.82) is 0 Å². The second-order valence-corrected chi connectivity index (χ2v) is 18.3. The third kappa shape index (κ3) is 35.1. The molecule has 0 spiro atoms. The molecular weight excluding hydrogens is 819 g/mol. The first-order valence-corrected chi connectivity index (χ1v) is 25.9. The minimum atomic E-state index is -0.511. The fraction of sp³-hybridized carbons (Fsp3) is 0.882. The lowest BCUT2D eigenvalue weighted by atomic mass is 9.98. The molecule has 1 fully saturated rings. The maximum Gasteiger partial charge on any atom is 0.306 e. The van der Waals surface area contributed by atoms with Gasteiger partial charge in [0.25, 0.3) is 0 Å². The average Bonchev–Trinajstić information content (AvgIpc) is 3.26. The van der Waals surface area contributed by atoms with Gasteiger partial charge in [0.05, 0.1) is 45.7 Å². The number of ether oxygens (including phenoxy) is 6. The molecule has 1 aliphatic rings. The van der Waals surface area contributed by atoms with Gasteiger partial charge in [-0.05, 0) is 25.7 Å². The Morgan fingerprint density at radius 3 is 0.844 bits per heavy atom. The van der Waals surface area contributed by atoms with Crippen molar-refractivity contribution >= 4 is 35.8 Å². The fourth-order valence-corrected chi connectivity index (χ4v) is 7.63. The number of carbonyl (C=O) groups excluding carboxylic acids is 6. The zero-order valence-corrected chi connectivity index (χ0v) is 40.9. The molecule has 1 heterocycles. The van der Waals surface area contributed by atoms with Crippen LogP contribution in [0.1, 0.15) is 227 Å². The lowest BCUT2D eigenvalue weighted by molar-refractivity contribution is -0.780. The molecule has 372 valence electrons. The fourth-order valence-electron chi connectivity index (χ4n) is 7.63. The number of hydrogen-bond acceptors (Lipinski definition) is 12. The number of unbranched alkanes of at least 4 members (excludes halogenated alkanes) is 20. The second kappa shape index (κ2) is 41.2. The van der Waals surface area contributed by atoms with E-state index in [0.29, 0.717) is 32.1 Å². The molecule has 2 N–H and O–H groups in total. The van der Waals surface area contributed by atoms with Gasteiger partial charge in [0.15, 0.2) is 0 Å². The smallest absolute Gasteiger partial charge is 0.306 e. The summed E-state index contributed by atoms with van der Waals surface area (Å²) < 4.78 is 33.2. The van der Waals surface area contributed by atoms with Crippen molar-refractivity contribution in [2.75, 3.05) is 39.6 Å². The Hall–Kier alpha value is -3.22. The first kappa shape index (κ1) is 58.8. The molecule has 0 aromatic rings. The Labute approximate surface area is 387 Å². The summed E-state index contributed by atoms with van der Waals surface area (Å²) >= 11 is 0. The van der Waals surface area contributed by atoms with Gasteiger partial charge in [0.1, 0.15) is 25.3 Å². The number of nitrogens with two attached hydrogens (primary N) is 1. The van der Waals surface area contributed by atoms with E-state index in [9.17, 15) is 28.8 Å². The van der Waals surface area contributed by atoms with Crippen molar-refractivity contribution in [3.8, 4) is 0 Å². The molecule has 0 aromatic heterocycles. The molecule has 0 saturated carbocycles. The molecule has 13 heteroatoms. The zero-order valence-electron chi connectivity index (χ0n) is 40.9. The summed E-state index contributed by atoms with van der Waals surface area (Å²) in [4.78, 5) is 75.7. The van der Waals surface area contributed by atoms with Crippen LogP contribution in [-0.4, -0.2) is 87.5 Å². The van der Waals surface area contributed by atoms with Crippen LogP contribution < -0.4 is 5.32 Å². The van der Waals surface area contributed by atoms with Gasteiger partial charge in [-0.3, -0.25) is 28.8 Å². The molecule has 64 heavy (non-hydrogen) atoms. The Morgan fingerprint density at radius 2 is 0.594 bits per heavy atom. The van der Waals surface area contributed by atoms with Crippen molar-refractivity contribution in [2.24, 2.45) is 11.8 Å². The highest BCUT2D eigenvalue weighted by molar-refractivity contribution is 5.72. The monoisotopic (exact) mass is 911 g/mol. The van der Waals surface area contributed by atoms with E-state index in [-0.39, 0.29) is 88.4 Å². The molecule has 0 unspecified atom stereocenters. The van der Waals surface area contributed by atoms with Crippen LogP contribution in [-0.2, 0) is 57.2 Å². The standard InChI is InChI=1S/C51H91NO12/c1-5-9-13-17-21-25-29-46(53)59-36-42(37-60-47(54)30-26-22-18-14-10-6-2)33-50(57)63-40-44-35-45(52-44)41-64-51(58)34-43(38-61-48(55)31-27-23-19-15-11-7-3)39-62-49(56)32-28-24-20-16-12-8-4/h42-45,52H,5-41H2,1-4H3/p+1/t44-,45-/m1/s1. The van der Waals surface area contributed by atoms with Gasteiger partial charge in [-0.2, -0.15) is 0 Å². The third-order valence-corrected chi connectivity index (χ3v) is 11.8. The molecule has 0 bridgehead atoms. The van der Waals surface area contributed by atoms with Crippen LogP contribution in [0.2, 0.25) is 0 Å². The normalized spacial score (nSPS) is 14.5. The molecule has 1 saturated heterocycles. The van der Waals surface area contributed by atoms with Gasteiger partial charge in [0, 0.05) is 37.5 Å². The van der Waals surface area contributed by atoms with Crippen molar-refractivity contribution in [1.82, 2.24) is 0 Å². The van der Waals surface area contributed by atoms with Gasteiger partial charge in [-0.15, -0.1) is 0 Å². The van der Waals surface area contributed by atoms with E-state index in [1.165, 1.54) is 25.7 Å². The topological polar surface area (TPSA) is 174 Å². The van der Waals surface area contributed by atoms with Crippen LogP contribution in [0.3, 0.4) is 0 Å². The lowest BCUT2D eigenvalue weighted by Gasteiger charge is -2.32. The van der Waals surface area contributed by atoms with E-state index in [4.69, 9.17) is 28.4 Å². The lowest BCUT2D eigenvalue weighted by Crippen LogP contribution is -3.05. The van der Waals surface area contributed by atoms with E-state index in [0.717, 1.165) is 128 Å². The van der Waals surface area contributed by atoms with Gasteiger partial charge in [-0.1, -0.05) is 156 Å². The van der Waals surface area contributed by atoms with Crippen molar-refractivity contribution in [2.45, 2.75) is 239 Å². The molecule has 0 aromatic carbocycles. The second-order valence-electron chi connectivity index (χ2n) is 18.3. The molecule has 2 atom stereocenters. The van der Waals surface area contributed by atoms with Gasteiger partial charge in [-0.25, -0.2) is 0 Å². The molecule has 0 radical (unpaired) electrons. The van der Waals surface area contributed by atoms with Gasteiger partial charge < -0.3 is 33.7 Å². The quantitative estimate of drug-likeness (QED) is 0.0349. The van der Waals surface area contributed by atoms with Gasteiger partial charge >= 0.3 is 35.8 Å². The summed E-state index contributed by atoms with van der Waals surface area (Å²) in [5, 5.41) is 2.00. The highest BCUT2D eigenvalue weighted by Gasteiger charge is 2.36. The Kier molecular flexibility index (Phi) is 37.9. The highest BCUT2D eigenvalue weighted by Crippen LogP contribution is 2.16. The number of esters is 6. The number of hydrogen-bond donors (Lipinski definition) is 1. The minimum absolute atomic E-state index is 0.00118. The van der Waals surface area contributed by atoms with Crippen LogP contribution in [0, 0.1) is 11.8 Å². The van der Waals surface area contributed by atoms with Crippen molar-refractivity contribution in [3.63, 3.8) is 0 Å². The first-order valence-electron chi connectivity index (χ1n) is 25.9. The first-order chi connectivity index (χ1) is 31.1. The van der Waals surface area contributed by atoms with Crippen LogP contribution in [0.25, 0.3) is 0 Å². The summed E-state index contributed by atoms with van der Waals surface area (Å²) in [6.07, 6.45) is 27.2. The van der Waals surface area contributed by atoms with Crippen molar-refractivity contribution < 1.29 is 62.5 Å². The third-order valence-electron chi connectivity index (χ3n) is 11.8. The molecule has 1 aliphatic heterocycles. The predicted octanol–water partition coefficient (Wildman–Crippen LogP) is 9.96. The summed E-state index contributed by atoms with van der Waals surface area (Å²) in [5.41, 5.74) is 0. The minimum Gasteiger partial charge on any atom is -0.465 e. The maximum absolute atomic E-state index is 12.9. The Morgan fingerprint density at radius 1 is 0.359 bits per heavy atom. The van der Waals surface area contributed by atoms with Crippen LogP contribution in [0.4, 0.5) is 0 Å². The highest BCUT2D eigenvalue weighted by atomic mass is 16.6. The Bertz CT molecular complexity index is 1070. The van der Waals surface area contributed by atoms with Crippen LogP contribution in [0.5, 0.6) is 0 Å². The molecule has 13 nitrogen and oxygen atoms in total. The maximum atomic E-state index is 12.9. The molecule has 0 amide bonds. The molecule has 0 aliphatic carbocycles. The number of quaternary nitrogens is 1.